The number of rotatable bonds is 9. The molecule has 31 heavy (non-hydrogen) atoms. The molecule has 0 saturated heterocycles. The minimum atomic E-state index is -3.72. The van der Waals surface area contributed by atoms with Gasteiger partial charge in [-0.3, -0.25) is 4.72 Å². The molecule has 2 N–H and O–H groups in total. The molecular weight excluding hydrogens is 416 g/mol. The fourth-order valence-electron chi connectivity index (χ4n) is 2.89. The summed E-state index contributed by atoms with van der Waals surface area (Å²) >= 11 is 0. The molecule has 0 aliphatic carbocycles. The average Bonchev–Trinajstić information content (AvgIpc) is 2.73. The van der Waals surface area contributed by atoms with Crippen molar-refractivity contribution < 1.29 is 17.9 Å². The summed E-state index contributed by atoms with van der Waals surface area (Å²) < 4.78 is 38.7. The molecule has 0 amide bonds. The maximum absolute atomic E-state index is 12.7. The highest BCUT2D eigenvalue weighted by atomic mass is 32.2. The topological polar surface area (TPSA) is 102 Å². The Morgan fingerprint density at radius 1 is 0.968 bits per heavy atom. The molecule has 0 radical (unpaired) electrons. The van der Waals surface area contributed by atoms with Gasteiger partial charge in [-0.2, -0.15) is 4.98 Å². The number of aryl methyl sites for hydroxylation is 2. The van der Waals surface area contributed by atoms with Crippen LogP contribution in [0.4, 0.5) is 17.2 Å². The van der Waals surface area contributed by atoms with E-state index in [0.29, 0.717) is 35.6 Å². The van der Waals surface area contributed by atoms with E-state index in [4.69, 9.17) is 9.47 Å². The van der Waals surface area contributed by atoms with Crippen LogP contribution in [0.15, 0.2) is 53.4 Å². The maximum atomic E-state index is 12.7. The first-order valence-electron chi connectivity index (χ1n) is 9.84. The van der Waals surface area contributed by atoms with Gasteiger partial charge in [0.25, 0.3) is 10.0 Å². The van der Waals surface area contributed by atoms with Gasteiger partial charge in [-0.25, -0.2) is 13.4 Å². The number of hydrogen-bond donors (Lipinski definition) is 2. The summed E-state index contributed by atoms with van der Waals surface area (Å²) in [7, 11) is -2.17. The van der Waals surface area contributed by atoms with Crippen LogP contribution in [0.5, 0.6) is 11.6 Å². The van der Waals surface area contributed by atoms with E-state index in [9.17, 15) is 8.42 Å². The molecular formula is C22H26N4O4S. The second-order valence-electron chi connectivity index (χ2n) is 6.93. The Morgan fingerprint density at radius 2 is 1.68 bits per heavy atom. The molecule has 0 aliphatic heterocycles. The lowest BCUT2D eigenvalue weighted by Gasteiger charge is -2.12. The highest BCUT2D eigenvalue weighted by Gasteiger charge is 2.15. The lowest BCUT2D eigenvalue weighted by atomic mass is 10.2. The van der Waals surface area contributed by atoms with Crippen LogP contribution in [0.2, 0.25) is 0 Å². The van der Waals surface area contributed by atoms with Gasteiger partial charge in [0, 0.05) is 17.4 Å². The van der Waals surface area contributed by atoms with E-state index in [-0.39, 0.29) is 4.90 Å². The monoisotopic (exact) mass is 442 g/mol. The quantitative estimate of drug-likeness (QED) is 0.505. The number of nitrogens with one attached hydrogen (secondary N) is 2. The molecule has 0 fully saturated rings. The summed E-state index contributed by atoms with van der Waals surface area (Å²) in [4.78, 5) is 8.78. The third-order valence-corrected chi connectivity index (χ3v) is 5.73. The van der Waals surface area contributed by atoms with Gasteiger partial charge >= 0.3 is 0 Å². The molecule has 0 atom stereocenters. The number of aromatic nitrogens is 2. The first-order valence-corrected chi connectivity index (χ1v) is 11.3. The van der Waals surface area contributed by atoms with Crippen molar-refractivity contribution in [2.45, 2.75) is 32.1 Å². The Bertz CT molecular complexity index is 1150. The van der Waals surface area contributed by atoms with Crippen molar-refractivity contribution in [2.75, 3.05) is 23.8 Å². The maximum Gasteiger partial charge on any atom is 0.261 e. The number of nitrogens with zero attached hydrogens (tertiary/aromatic N) is 2. The van der Waals surface area contributed by atoms with Crippen LogP contribution in [-0.4, -0.2) is 32.1 Å². The zero-order valence-electron chi connectivity index (χ0n) is 18.0. The molecule has 3 aromatic rings. The minimum absolute atomic E-state index is 0.170. The van der Waals surface area contributed by atoms with Crippen LogP contribution in [0.25, 0.3) is 0 Å². The minimum Gasteiger partial charge on any atom is -0.496 e. The second-order valence-corrected chi connectivity index (χ2v) is 8.61. The van der Waals surface area contributed by atoms with Crippen LogP contribution in [0, 0.1) is 13.8 Å². The Labute approximate surface area is 182 Å². The smallest absolute Gasteiger partial charge is 0.261 e. The van der Waals surface area contributed by atoms with Crippen molar-refractivity contribution in [2.24, 2.45) is 0 Å². The standard InChI is InChI=1S/C22H26N4O4S/c1-5-12-30-22-14-21(23-16(3)24-22)25-17-6-8-18(9-7-17)26-31(27,28)19-10-11-20(29-4)15(2)13-19/h6-11,13-14,26H,5,12H2,1-4H3,(H,23,24,25). The van der Waals surface area contributed by atoms with Crippen molar-refractivity contribution >= 4 is 27.2 Å². The first-order chi connectivity index (χ1) is 14.8. The van der Waals surface area contributed by atoms with Gasteiger partial charge in [0.1, 0.15) is 17.4 Å². The Balaban J connectivity index is 1.72. The molecule has 8 nitrogen and oxygen atoms in total. The summed E-state index contributed by atoms with van der Waals surface area (Å²) in [6, 6.07) is 13.3. The van der Waals surface area contributed by atoms with E-state index in [1.807, 2.05) is 6.92 Å². The summed E-state index contributed by atoms with van der Waals surface area (Å²) in [6.45, 7) is 6.20. The van der Waals surface area contributed by atoms with Gasteiger partial charge in [-0.05, 0) is 68.3 Å². The van der Waals surface area contributed by atoms with Crippen LogP contribution in [0.1, 0.15) is 24.7 Å². The number of ether oxygens (including phenoxy) is 2. The lowest BCUT2D eigenvalue weighted by Crippen LogP contribution is -2.13. The largest absolute Gasteiger partial charge is 0.496 e. The summed E-state index contributed by atoms with van der Waals surface area (Å²) in [5.74, 6) is 2.34. The molecule has 0 spiro atoms. The molecule has 9 heteroatoms. The molecule has 0 saturated carbocycles. The molecule has 0 aliphatic rings. The highest BCUT2D eigenvalue weighted by Crippen LogP contribution is 2.25. The second kappa shape index (κ2) is 9.65. The van der Waals surface area contributed by atoms with Crippen molar-refractivity contribution in [1.29, 1.82) is 0 Å². The van der Waals surface area contributed by atoms with Crippen LogP contribution < -0.4 is 19.5 Å². The molecule has 0 bridgehead atoms. The summed E-state index contributed by atoms with van der Waals surface area (Å²) in [5.41, 5.74) is 1.94. The normalized spacial score (nSPS) is 11.1. The fourth-order valence-corrected chi connectivity index (χ4v) is 4.03. The summed E-state index contributed by atoms with van der Waals surface area (Å²) in [5, 5.41) is 3.18. The van der Waals surface area contributed by atoms with Crippen molar-refractivity contribution in [3.63, 3.8) is 0 Å². The van der Waals surface area contributed by atoms with E-state index < -0.39 is 10.0 Å². The molecule has 1 heterocycles. The molecule has 3 rings (SSSR count). The van der Waals surface area contributed by atoms with E-state index in [0.717, 1.165) is 17.7 Å². The summed E-state index contributed by atoms with van der Waals surface area (Å²) in [6.07, 6.45) is 0.888. The Kier molecular flexibility index (Phi) is 6.96. The van der Waals surface area contributed by atoms with Gasteiger partial charge in [-0.15, -0.1) is 0 Å². The Hall–Kier alpha value is -3.33. The third kappa shape index (κ3) is 5.85. The van der Waals surface area contributed by atoms with Crippen LogP contribution in [-0.2, 0) is 10.0 Å². The number of hydrogen-bond acceptors (Lipinski definition) is 7. The van der Waals surface area contributed by atoms with Gasteiger partial charge < -0.3 is 14.8 Å². The zero-order valence-corrected chi connectivity index (χ0v) is 18.8. The molecule has 0 unspecified atom stereocenters. The highest BCUT2D eigenvalue weighted by molar-refractivity contribution is 7.92. The van der Waals surface area contributed by atoms with Gasteiger partial charge in [-0.1, -0.05) is 6.92 Å². The van der Waals surface area contributed by atoms with Gasteiger partial charge in [0.05, 0.1) is 18.6 Å². The zero-order chi connectivity index (χ0) is 22.4. The SMILES string of the molecule is CCCOc1cc(Nc2ccc(NS(=O)(=O)c3ccc(OC)c(C)c3)cc2)nc(C)n1. The van der Waals surface area contributed by atoms with Crippen LogP contribution in [0.3, 0.4) is 0 Å². The molecule has 2 aromatic carbocycles. The predicted molar refractivity (Wildman–Crippen MR) is 121 cm³/mol. The average molecular weight is 443 g/mol. The van der Waals surface area contributed by atoms with E-state index >= 15 is 0 Å². The number of anilines is 3. The fraction of sp³-hybridized carbons (Fsp3) is 0.273. The number of methoxy groups -OCH3 is 1. The Morgan fingerprint density at radius 3 is 2.32 bits per heavy atom. The van der Waals surface area contributed by atoms with Gasteiger partial charge in [0.15, 0.2) is 0 Å². The molecule has 164 valence electrons. The first kappa shape index (κ1) is 22.4. The third-order valence-electron chi connectivity index (χ3n) is 4.35. The van der Waals surface area contributed by atoms with Crippen molar-refractivity contribution in [3.05, 3.63) is 59.9 Å². The number of benzene rings is 2. The predicted octanol–water partition coefficient (Wildman–Crippen LogP) is 4.44. The van der Waals surface area contributed by atoms with Crippen molar-refractivity contribution in [1.82, 2.24) is 9.97 Å². The molecule has 1 aromatic heterocycles. The van der Waals surface area contributed by atoms with Crippen LogP contribution >= 0.6 is 0 Å². The van der Waals surface area contributed by atoms with Crippen molar-refractivity contribution in [3.8, 4) is 11.6 Å². The van der Waals surface area contributed by atoms with E-state index in [1.165, 1.54) is 6.07 Å². The van der Waals surface area contributed by atoms with E-state index in [1.54, 1.807) is 63.4 Å². The van der Waals surface area contributed by atoms with Gasteiger partial charge in [0.2, 0.25) is 5.88 Å². The number of sulfonamides is 1. The lowest BCUT2D eigenvalue weighted by molar-refractivity contribution is 0.304. The van der Waals surface area contributed by atoms with E-state index in [2.05, 4.69) is 20.0 Å².